The molecule has 28 heavy (non-hydrogen) atoms. The second-order valence-electron chi connectivity index (χ2n) is 7.13. The molecule has 1 amide bonds. The van der Waals surface area contributed by atoms with Crippen LogP contribution in [0.5, 0.6) is 0 Å². The molecule has 1 atom stereocenters. The quantitative estimate of drug-likeness (QED) is 0.768. The molecule has 0 saturated heterocycles. The fraction of sp³-hybridized carbons (Fsp3) is 0.167. The third kappa shape index (κ3) is 3.53. The van der Waals surface area contributed by atoms with Crippen molar-refractivity contribution in [1.29, 1.82) is 5.26 Å². The highest BCUT2D eigenvalue weighted by atomic mass is 16.2. The highest BCUT2D eigenvalue weighted by Crippen LogP contribution is 2.26. The summed E-state index contributed by atoms with van der Waals surface area (Å²) in [6.07, 6.45) is 0.557. The molecule has 138 valence electrons. The van der Waals surface area contributed by atoms with Crippen molar-refractivity contribution in [2.75, 3.05) is 0 Å². The van der Waals surface area contributed by atoms with E-state index in [2.05, 4.69) is 6.07 Å². The van der Waals surface area contributed by atoms with Crippen LogP contribution in [0.25, 0.3) is 11.1 Å². The molecular formula is C24H21N3O. The van der Waals surface area contributed by atoms with Gasteiger partial charge in [0.05, 0.1) is 17.7 Å². The average molecular weight is 367 g/mol. The maximum absolute atomic E-state index is 12.8. The Hall–Kier alpha value is -3.42. The average Bonchev–Trinajstić information content (AvgIpc) is 2.85. The van der Waals surface area contributed by atoms with E-state index >= 15 is 0 Å². The number of hydrogen-bond donors (Lipinski definition) is 1. The van der Waals surface area contributed by atoms with Gasteiger partial charge in [-0.25, -0.2) is 0 Å². The molecule has 0 spiro atoms. The Balaban J connectivity index is 1.63. The molecule has 1 aliphatic heterocycles. The van der Waals surface area contributed by atoms with Gasteiger partial charge in [-0.2, -0.15) is 5.26 Å². The lowest BCUT2D eigenvalue weighted by molar-refractivity contribution is -0.133. The van der Waals surface area contributed by atoms with Crippen LogP contribution in [0.15, 0.2) is 72.8 Å². The summed E-state index contributed by atoms with van der Waals surface area (Å²) >= 11 is 0. The van der Waals surface area contributed by atoms with E-state index < -0.39 is 6.04 Å². The molecule has 1 unspecified atom stereocenters. The summed E-state index contributed by atoms with van der Waals surface area (Å²) in [5.41, 5.74) is 11.8. The van der Waals surface area contributed by atoms with Crippen LogP contribution >= 0.6 is 0 Å². The minimum atomic E-state index is -0.539. The number of carbonyl (C=O) groups excluding carboxylic acids is 1. The molecule has 1 aliphatic rings. The molecule has 0 bridgehead atoms. The molecule has 1 heterocycles. The van der Waals surface area contributed by atoms with Crippen LogP contribution in [-0.2, 0) is 24.3 Å². The summed E-state index contributed by atoms with van der Waals surface area (Å²) in [5, 5.41) is 9.63. The first-order valence-corrected chi connectivity index (χ1v) is 9.35. The minimum absolute atomic E-state index is 0.0538. The molecule has 0 radical (unpaired) electrons. The first-order chi connectivity index (χ1) is 13.7. The molecule has 3 aromatic carbocycles. The molecule has 4 nitrogen and oxygen atoms in total. The van der Waals surface area contributed by atoms with E-state index in [9.17, 15) is 10.1 Å². The molecule has 4 rings (SSSR count). The number of nitriles is 1. The van der Waals surface area contributed by atoms with Crippen molar-refractivity contribution < 1.29 is 4.79 Å². The van der Waals surface area contributed by atoms with Crippen molar-refractivity contribution in [3.63, 3.8) is 0 Å². The normalized spacial score (nSPS) is 16.2. The zero-order valence-corrected chi connectivity index (χ0v) is 15.5. The number of nitrogens with two attached hydrogens (primary N) is 1. The van der Waals surface area contributed by atoms with Gasteiger partial charge in [-0.15, -0.1) is 0 Å². The highest BCUT2D eigenvalue weighted by Gasteiger charge is 2.26. The van der Waals surface area contributed by atoms with Gasteiger partial charge < -0.3 is 10.6 Å². The summed E-state index contributed by atoms with van der Waals surface area (Å²) in [6, 6.07) is 25.5. The first-order valence-electron chi connectivity index (χ1n) is 9.35. The molecule has 3 aromatic rings. The van der Waals surface area contributed by atoms with E-state index in [0.717, 1.165) is 27.8 Å². The molecule has 0 fully saturated rings. The number of carbonyl (C=O) groups is 1. The van der Waals surface area contributed by atoms with Gasteiger partial charge in [-0.1, -0.05) is 66.7 Å². The number of rotatable bonds is 3. The largest absolute Gasteiger partial charge is 0.333 e. The Morgan fingerprint density at radius 3 is 2.46 bits per heavy atom. The van der Waals surface area contributed by atoms with Crippen LogP contribution in [0.2, 0.25) is 0 Å². The predicted octanol–water partition coefficient (Wildman–Crippen LogP) is 3.64. The van der Waals surface area contributed by atoms with Gasteiger partial charge in [0.1, 0.15) is 0 Å². The van der Waals surface area contributed by atoms with E-state index in [-0.39, 0.29) is 5.91 Å². The summed E-state index contributed by atoms with van der Waals surface area (Å²) in [7, 11) is 0. The van der Waals surface area contributed by atoms with E-state index in [1.807, 2.05) is 72.8 Å². The molecule has 0 aliphatic carbocycles. The van der Waals surface area contributed by atoms with Crippen LogP contribution in [0, 0.1) is 11.3 Å². The van der Waals surface area contributed by atoms with Gasteiger partial charge in [-0.3, -0.25) is 4.79 Å². The van der Waals surface area contributed by atoms with E-state index in [1.165, 1.54) is 0 Å². The predicted molar refractivity (Wildman–Crippen MR) is 109 cm³/mol. The van der Waals surface area contributed by atoms with Crippen LogP contribution in [0.1, 0.15) is 22.3 Å². The van der Waals surface area contributed by atoms with Crippen molar-refractivity contribution >= 4 is 5.91 Å². The lowest BCUT2D eigenvalue weighted by Gasteiger charge is -2.23. The van der Waals surface area contributed by atoms with Gasteiger partial charge in [-0.05, 0) is 40.3 Å². The Morgan fingerprint density at radius 1 is 1.00 bits per heavy atom. The second-order valence-corrected chi connectivity index (χ2v) is 7.13. The van der Waals surface area contributed by atoms with Gasteiger partial charge in [0.2, 0.25) is 5.91 Å². The van der Waals surface area contributed by atoms with Crippen molar-refractivity contribution in [1.82, 2.24) is 4.90 Å². The fourth-order valence-electron chi connectivity index (χ4n) is 3.76. The molecule has 2 N–H and O–H groups in total. The topological polar surface area (TPSA) is 70.1 Å². The number of benzene rings is 3. The zero-order chi connectivity index (χ0) is 19.5. The van der Waals surface area contributed by atoms with Crippen LogP contribution in [-0.4, -0.2) is 16.8 Å². The Kier molecular flexibility index (Phi) is 4.92. The maximum Gasteiger partial charge on any atom is 0.240 e. The van der Waals surface area contributed by atoms with Crippen LogP contribution < -0.4 is 5.73 Å². The third-order valence-electron chi connectivity index (χ3n) is 5.21. The summed E-state index contributed by atoms with van der Waals surface area (Å²) < 4.78 is 0. The SMILES string of the molecule is N#Cc1cc(CN2Cc3ccccc3CC(N)C2=O)ccc1-c1ccccc1. The maximum atomic E-state index is 12.8. The zero-order valence-electron chi connectivity index (χ0n) is 15.5. The first kappa shape index (κ1) is 18.0. The Morgan fingerprint density at radius 2 is 1.71 bits per heavy atom. The molecule has 0 aromatic heterocycles. The molecule has 4 heteroatoms. The van der Waals surface area contributed by atoms with Crippen molar-refractivity contribution in [2.45, 2.75) is 25.6 Å². The molecule has 0 saturated carbocycles. The highest BCUT2D eigenvalue weighted by molar-refractivity contribution is 5.83. The minimum Gasteiger partial charge on any atom is -0.333 e. The van der Waals surface area contributed by atoms with E-state index in [0.29, 0.717) is 25.1 Å². The third-order valence-corrected chi connectivity index (χ3v) is 5.21. The van der Waals surface area contributed by atoms with E-state index in [1.54, 1.807) is 4.90 Å². The monoisotopic (exact) mass is 367 g/mol. The Labute approximate surface area is 164 Å². The van der Waals surface area contributed by atoms with E-state index in [4.69, 9.17) is 5.73 Å². The van der Waals surface area contributed by atoms with Gasteiger partial charge in [0.25, 0.3) is 0 Å². The smallest absolute Gasteiger partial charge is 0.240 e. The molecular weight excluding hydrogens is 346 g/mol. The van der Waals surface area contributed by atoms with Gasteiger partial charge in [0, 0.05) is 13.1 Å². The summed E-state index contributed by atoms with van der Waals surface area (Å²) in [5.74, 6) is -0.0538. The van der Waals surface area contributed by atoms with Crippen molar-refractivity contribution in [2.24, 2.45) is 5.73 Å². The number of fused-ring (bicyclic) bond motifs is 1. The van der Waals surface area contributed by atoms with Crippen molar-refractivity contribution in [3.05, 3.63) is 95.1 Å². The van der Waals surface area contributed by atoms with Crippen LogP contribution in [0.4, 0.5) is 0 Å². The standard InChI is InChI=1S/C24H21N3O/c25-14-21-12-17(10-11-22(21)18-6-2-1-3-7-18)15-27-16-20-9-5-4-8-19(20)13-23(26)24(27)28/h1-12,23H,13,15-16,26H2. The van der Waals surface area contributed by atoms with Gasteiger partial charge in [0.15, 0.2) is 0 Å². The second kappa shape index (κ2) is 7.67. The summed E-state index contributed by atoms with van der Waals surface area (Å²) in [6.45, 7) is 0.968. The lowest BCUT2D eigenvalue weighted by Crippen LogP contribution is -2.42. The summed E-state index contributed by atoms with van der Waals surface area (Å²) in [4.78, 5) is 14.6. The van der Waals surface area contributed by atoms with Gasteiger partial charge >= 0.3 is 0 Å². The lowest BCUT2D eigenvalue weighted by atomic mass is 9.98. The Bertz CT molecular complexity index is 1050. The van der Waals surface area contributed by atoms with Crippen molar-refractivity contribution in [3.8, 4) is 17.2 Å². The number of hydrogen-bond acceptors (Lipinski definition) is 3. The number of amides is 1. The number of nitrogens with zero attached hydrogens (tertiary/aromatic N) is 2. The van der Waals surface area contributed by atoms with Crippen LogP contribution in [0.3, 0.4) is 0 Å². The fourth-order valence-corrected chi connectivity index (χ4v) is 3.76.